The summed E-state index contributed by atoms with van der Waals surface area (Å²) in [6, 6.07) is 19.7. The Kier molecular flexibility index (Phi) is 4.72. The highest BCUT2D eigenvalue weighted by Crippen LogP contribution is 2.29. The zero-order chi connectivity index (χ0) is 18.6. The van der Waals surface area contributed by atoms with E-state index >= 15 is 0 Å². The maximum atomic E-state index is 12.2. The lowest BCUT2D eigenvalue weighted by Crippen LogP contribution is -2.04. The van der Waals surface area contributed by atoms with Gasteiger partial charge >= 0.3 is 5.97 Å². The van der Waals surface area contributed by atoms with Crippen LogP contribution < -0.4 is 0 Å². The first-order valence-corrected chi connectivity index (χ1v) is 8.48. The smallest absolute Gasteiger partial charge is 0.374 e. The highest BCUT2D eigenvalue weighted by atomic mass is 35.5. The van der Waals surface area contributed by atoms with Crippen molar-refractivity contribution in [2.45, 2.75) is 6.61 Å². The molecule has 0 saturated carbocycles. The number of aromatic nitrogens is 2. The monoisotopic (exact) mass is 380 g/mol. The fraction of sp³-hybridized carbons (Fsp3) is 0.0500. The van der Waals surface area contributed by atoms with Crippen molar-refractivity contribution in [3.63, 3.8) is 0 Å². The Morgan fingerprint density at radius 1 is 0.926 bits per heavy atom. The van der Waals surface area contributed by atoms with Crippen LogP contribution in [0, 0.1) is 0 Å². The van der Waals surface area contributed by atoms with E-state index in [1.54, 1.807) is 18.2 Å². The van der Waals surface area contributed by atoms with Gasteiger partial charge in [0.2, 0.25) is 11.7 Å². The molecule has 0 N–H and O–H groups in total. The van der Waals surface area contributed by atoms with Gasteiger partial charge in [-0.15, -0.1) is 10.2 Å². The molecule has 0 atom stereocenters. The minimum atomic E-state index is -0.632. The Morgan fingerprint density at radius 2 is 1.70 bits per heavy atom. The van der Waals surface area contributed by atoms with Crippen molar-refractivity contribution < 1.29 is 18.4 Å². The molecule has 0 amide bonds. The number of carbonyl (C=O) groups excluding carboxylic acids is 1. The Labute approximate surface area is 159 Å². The molecular weight excluding hydrogens is 368 g/mol. The number of halogens is 1. The molecule has 134 valence electrons. The van der Waals surface area contributed by atoms with E-state index in [0.29, 0.717) is 22.2 Å². The Hall–Kier alpha value is -3.38. The molecule has 4 rings (SSSR count). The van der Waals surface area contributed by atoms with E-state index in [0.717, 1.165) is 5.56 Å². The van der Waals surface area contributed by atoms with Crippen molar-refractivity contribution in [3.05, 3.63) is 83.4 Å². The molecule has 2 aromatic carbocycles. The average Bonchev–Trinajstić information content (AvgIpc) is 3.37. The van der Waals surface area contributed by atoms with Crippen molar-refractivity contribution in [2.75, 3.05) is 0 Å². The number of nitrogens with zero attached hydrogens (tertiary/aromatic N) is 2. The molecule has 0 fully saturated rings. The first kappa shape index (κ1) is 17.1. The third-order valence-corrected chi connectivity index (χ3v) is 4.09. The number of esters is 1. The number of ether oxygens (including phenoxy) is 1. The topological polar surface area (TPSA) is 78.4 Å². The highest BCUT2D eigenvalue weighted by Gasteiger charge is 2.17. The predicted molar refractivity (Wildman–Crippen MR) is 98.0 cm³/mol. The Bertz CT molecular complexity index is 1070. The molecule has 2 aromatic heterocycles. The third-order valence-electron chi connectivity index (χ3n) is 3.76. The molecule has 6 nitrogen and oxygen atoms in total. The normalized spacial score (nSPS) is 10.7. The molecule has 0 aliphatic rings. The molecule has 2 heterocycles. The molecule has 0 aliphatic carbocycles. The van der Waals surface area contributed by atoms with Crippen LogP contribution in [0.2, 0.25) is 5.02 Å². The Balaban J connectivity index is 1.42. The summed E-state index contributed by atoms with van der Waals surface area (Å²) in [4.78, 5) is 12.2. The van der Waals surface area contributed by atoms with Crippen molar-refractivity contribution in [2.24, 2.45) is 0 Å². The standard InChI is InChI=1S/C20H13ClN2O4/c21-15-9-5-4-8-14(15)16-10-11-17(26-16)20(24)25-12-18-22-23-19(27-18)13-6-2-1-3-7-13/h1-11H,12H2. The van der Waals surface area contributed by atoms with E-state index in [2.05, 4.69) is 10.2 Å². The highest BCUT2D eigenvalue weighted by molar-refractivity contribution is 6.33. The summed E-state index contributed by atoms with van der Waals surface area (Å²) in [6.07, 6.45) is 0. The molecule has 0 bridgehead atoms. The van der Waals surface area contributed by atoms with E-state index in [4.69, 9.17) is 25.2 Å². The van der Waals surface area contributed by atoms with Gasteiger partial charge in [-0.1, -0.05) is 41.9 Å². The summed E-state index contributed by atoms with van der Waals surface area (Å²) in [6.45, 7) is -0.152. The summed E-state index contributed by atoms with van der Waals surface area (Å²) >= 11 is 6.14. The number of rotatable bonds is 5. The summed E-state index contributed by atoms with van der Waals surface area (Å²) in [5, 5.41) is 8.36. The largest absolute Gasteiger partial charge is 0.450 e. The lowest BCUT2D eigenvalue weighted by molar-refractivity contribution is 0.0403. The number of benzene rings is 2. The number of hydrogen-bond donors (Lipinski definition) is 0. The van der Waals surface area contributed by atoms with E-state index in [1.165, 1.54) is 6.07 Å². The second-order valence-corrected chi connectivity index (χ2v) is 5.99. The van der Waals surface area contributed by atoms with Gasteiger partial charge < -0.3 is 13.6 Å². The van der Waals surface area contributed by atoms with Gasteiger partial charge in [0.05, 0.1) is 5.02 Å². The summed E-state index contributed by atoms with van der Waals surface area (Å²) in [7, 11) is 0. The number of hydrogen-bond acceptors (Lipinski definition) is 6. The van der Waals surface area contributed by atoms with Crippen LogP contribution >= 0.6 is 11.6 Å². The molecule has 7 heteroatoms. The van der Waals surface area contributed by atoms with Gasteiger partial charge in [0.25, 0.3) is 5.89 Å². The number of furan rings is 1. The van der Waals surface area contributed by atoms with Crippen LogP contribution in [0.3, 0.4) is 0 Å². The average molecular weight is 381 g/mol. The van der Waals surface area contributed by atoms with Crippen LogP contribution in [0.1, 0.15) is 16.4 Å². The van der Waals surface area contributed by atoms with Gasteiger partial charge in [0, 0.05) is 11.1 Å². The molecule has 0 aliphatic heterocycles. The first-order chi connectivity index (χ1) is 13.2. The molecule has 0 radical (unpaired) electrons. The fourth-order valence-corrected chi connectivity index (χ4v) is 2.69. The van der Waals surface area contributed by atoms with Gasteiger partial charge in [-0.05, 0) is 36.4 Å². The zero-order valence-corrected chi connectivity index (χ0v) is 14.7. The van der Waals surface area contributed by atoms with Gasteiger partial charge in [0.1, 0.15) is 5.76 Å². The minimum Gasteiger partial charge on any atom is -0.450 e. The fourth-order valence-electron chi connectivity index (χ4n) is 2.46. The van der Waals surface area contributed by atoms with Crippen LogP contribution in [0.4, 0.5) is 0 Å². The van der Waals surface area contributed by atoms with Gasteiger partial charge in [-0.2, -0.15) is 0 Å². The molecule has 0 spiro atoms. The van der Waals surface area contributed by atoms with Crippen LogP contribution in [-0.2, 0) is 11.3 Å². The van der Waals surface area contributed by atoms with E-state index in [1.807, 2.05) is 42.5 Å². The SMILES string of the molecule is O=C(OCc1nnc(-c2ccccc2)o1)c1ccc(-c2ccccc2Cl)o1. The van der Waals surface area contributed by atoms with Crippen molar-refractivity contribution in [3.8, 4) is 22.8 Å². The number of carbonyl (C=O) groups is 1. The molecule has 27 heavy (non-hydrogen) atoms. The van der Waals surface area contributed by atoms with Crippen LogP contribution in [-0.4, -0.2) is 16.2 Å². The second-order valence-electron chi connectivity index (χ2n) is 5.59. The molecule has 0 unspecified atom stereocenters. The Morgan fingerprint density at radius 3 is 2.52 bits per heavy atom. The van der Waals surface area contributed by atoms with E-state index < -0.39 is 5.97 Å². The maximum Gasteiger partial charge on any atom is 0.374 e. The van der Waals surface area contributed by atoms with Crippen molar-refractivity contribution in [1.29, 1.82) is 0 Å². The molecular formula is C20H13ClN2O4. The third kappa shape index (κ3) is 3.75. The van der Waals surface area contributed by atoms with Gasteiger partial charge in [-0.25, -0.2) is 4.79 Å². The zero-order valence-electron chi connectivity index (χ0n) is 14.0. The summed E-state index contributed by atoms with van der Waals surface area (Å²) in [5.74, 6) is 0.470. The first-order valence-electron chi connectivity index (χ1n) is 8.10. The predicted octanol–water partition coefficient (Wildman–Crippen LogP) is 5.01. The van der Waals surface area contributed by atoms with Gasteiger partial charge in [-0.3, -0.25) is 0 Å². The lowest BCUT2D eigenvalue weighted by atomic mass is 10.2. The lowest BCUT2D eigenvalue weighted by Gasteiger charge is -2.01. The summed E-state index contributed by atoms with van der Waals surface area (Å²) < 4.78 is 16.2. The van der Waals surface area contributed by atoms with Gasteiger partial charge in [0.15, 0.2) is 6.61 Å². The maximum absolute atomic E-state index is 12.2. The quantitative estimate of drug-likeness (QED) is 0.453. The van der Waals surface area contributed by atoms with Crippen LogP contribution in [0.5, 0.6) is 0 Å². The van der Waals surface area contributed by atoms with Crippen molar-refractivity contribution >= 4 is 17.6 Å². The minimum absolute atomic E-state index is 0.0627. The second kappa shape index (κ2) is 7.47. The molecule has 4 aromatic rings. The van der Waals surface area contributed by atoms with Crippen LogP contribution in [0.25, 0.3) is 22.8 Å². The molecule has 0 saturated heterocycles. The van der Waals surface area contributed by atoms with E-state index in [9.17, 15) is 4.79 Å². The van der Waals surface area contributed by atoms with E-state index in [-0.39, 0.29) is 18.3 Å². The van der Waals surface area contributed by atoms with Crippen molar-refractivity contribution in [1.82, 2.24) is 10.2 Å². The summed E-state index contributed by atoms with van der Waals surface area (Å²) in [5.41, 5.74) is 1.49. The van der Waals surface area contributed by atoms with Crippen LogP contribution in [0.15, 0.2) is 75.6 Å².